The number of fused-ring (bicyclic) bond motifs is 1. The van der Waals surface area contributed by atoms with Crippen LogP contribution in [0.25, 0.3) is 22.3 Å². The molecule has 0 fully saturated rings. The van der Waals surface area contributed by atoms with Crippen molar-refractivity contribution < 1.29 is 5.11 Å². The first-order chi connectivity index (χ1) is 15.6. The molecule has 5 nitrogen and oxygen atoms in total. The lowest BCUT2D eigenvalue weighted by atomic mass is 10.1. The number of nitrogens with zero attached hydrogens (tertiary/aromatic N) is 4. The van der Waals surface area contributed by atoms with Gasteiger partial charge in [-0.05, 0) is 43.9 Å². The standard InChI is InChI=1S/C25H26N4O.C2H6/c1-28(2)16-17-29(18-19-10-4-3-5-11-19)25-20-12-6-8-14-22(20)26-24(27-25)21-13-7-9-15-23(21)30;1-2/h3-15,30H,16-18H2,1-2H3;1-2H3. The normalized spacial score (nSPS) is 10.7. The molecule has 4 rings (SSSR count). The summed E-state index contributed by atoms with van der Waals surface area (Å²) in [5.41, 5.74) is 2.73. The van der Waals surface area contributed by atoms with Gasteiger partial charge < -0.3 is 14.9 Å². The molecule has 0 spiro atoms. The number of benzene rings is 3. The third kappa shape index (κ3) is 5.62. The minimum atomic E-state index is 0.182. The van der Waals surface area contributed by atoms with Crippen LogP contribution in [0.15, 0.2) is 78.9 Å². The Kier molecular flexibility index (Phi) is 8.17. The van der Waals surface area contributed by atoms with Gasteiger partial charge in [0.2, 0.25) is 0 Å². The molecule has 32 heavy (non-hydrogen) atoms. The van der Waals surface area contributed by atoms with Crippen molar-refractivity contribution in [1.29, 1.82) is 0 Å². The molecule has 1 heterocycles. The predicted octanol–water partition coefficient (Wildman–Crippen LogP) is 5.60. The molecule has 3 aromatic carbocycles. The second kappa shape index (κ2) is 11.3. The van der Waals surface area contributed by atoms with Crippen molar-refractivity contribution in [2.24, 2.45) is 0 Å². The van der Waals surface area contributed by atoms with Crippen molar-refractivity contribution >= 4 is 16.7 Å². The number of para-hydroxylation sites is 2. The highest BCUT2D eigenvalue weighted by Crippen LogP contribution is 2.32. The lowest BCUT2D eigenvalue weighted by molar-refractivity contribution is 0.412. The molecular formula is C27H32N4O. The summed E-state index contributed by atoms with van der Waals surface area (Å²) in [5.74, 6) is 1.59. The predicted molar refractivity (Wildman–Crippen MR) is 134 cm³/mol. The Hall–Kier alpha value is -3.44. The van der Waals surface area contributed by atoms with E-state index in [0.29, 0.717) is 11.4 Å². The average Bonchev–Trinajstić information content (AvgIpc) is 2.83. The molecule has 4 aromatic rings. The Balaban J connectivity index is 0.00000141. The van der Waals surface area contributed by atoms with E-state index in [2.05, 4.69) is 54.2 Å². The van der Waals surface area contributed by atoms with E-state index in [1.165, 1.54) is 5.56 Å². The Bertz CT molecular complexity index is 1130. The molecular weight excluding hydrogens is 396 g/mol. The van der Waals surface area contributed by atoms with E-state index in [0.717, 1.165) is 36.4 Å². The van der Waals surface area contributed by atoms with Crippen LogP contribution >= 0.6 is 0 Å². The summed E-state index contributed by atoms with van der Waals surface area (Å²) in [5, 5.41) is 11.4. The summed E-state index contributed by atoms with van der Waals surface area (Å²) < 4.78 is 0. The molecule has 0 saturated carbocycles. The topological polar surface area (TPSA) is 52.5 Å². The summed E-state index contributed by atoms with van der Waals surface area (Å²) >= 11 is 0. The van der Waals surface area contributed by atoms with E-state index in [1.807, 2.05) is 50.2 Å². The minimum Gasteiger partial charge on any atom is -0.507 e. The number of anilines is 1. The third-order valence-electron chi connectivity index (χ3n) is 5.06. The maximum Gasteiger partial charge on any atom is 0.165 e. The zero-order valence-corrected chi connectivity index (χ0v) is 19.4. The number of aromatic nitrogens is 2. The molecule has 1 N–H and O–H groups in total. The number of likely N-dealkylation sites (N-methyl/N-ethyl adjacent to an activating group) is 1. The van der Waals surface area contributed by atoms with Crippen LogP contribution in [0.2, 0.25) is 0 Å². The number of hydrogen-bond donors (Lipinski definition) is 1. The van der Waals surface area contributed by atoms with Crippen LogP contribution in [0.1, 0.15) is 19.4 Å². The van der Waals surface area contributed by atoms with Crippen LogP contribution < -0.4 is 4.90 Å². The van der Waals surface area contributed by atoms with Crippen molar-refractivity contribution in [1.82, 2.24) is 14.9 Å². The van der Waals surface area contributed by atoms with Gasteiger partial charge in [-0.25, -0.2) is 9.97 Å². The van der Waals surface area contributed by atoms with Crippen LogP contribution in [0.5, 0.6) is 5.75 Å². The van der Waals surface area contributed by atoms with Crippen LogP contribution in [0.4, 0.5) is 5.82 Å². The van der Waals surface area contributed by atoms with Gasteiger partial charge in [-0.1, -0.05) is 68.4 Å². The molecule has 5 heteroatoms. The first kappa shape index (κ1) is 23.2. The smallest absolute Gasteiger partial charge is 0.165 e. The highest BCUT2D eigenvalue weighted by atomic mass is 16.3. The fraction of sp³-hybridized carbons (Fsp3) is 0.259. The van der Waals surface area contributed by atoms with E-state index < -0.39 is 0 Å². The molecule has 1 aromatic heterocycles. The van der Waals surface area contributed by atoms with Gasteiger partial charge in [-0.2, -0.15) is 0 Å². The van der Waals surface area contributed by atoms with Crippen LogP contribution in [0.3, 0.4) is 0 Å². The molecule has 0 saturated heterocycles. The first-order valence-electron chi connectivity index (χ1n) is 11.1. The monoisotopic (exact) mass is 428 g/mol. The van der Waals surface area contributed by atoms with Crippen molar-refractivity contribution in [3.05, 3.63) is 84.4 Å². The molecule has 0 aliphatic rings. The molecule has 0 bridgehead atoms. The molecule has 0 aliphatic carbocycles. The molecule has 0 atom stereocenters. The number of phenolic OH excluding ortho intramolecular Hbond substituents is 1. The lowest BCUT2D eigenvalue weighted by Crippen LogP contribution is -2.32. The Morgan fingerprint density at radius 2 is 1.41 bits per heavy atom. The number of rotatable bonds is 7. The van der Waals surface area contributed by atoms with E-state index in [-0.39, 0.29) is 5.75 Å². The van der Waals surface area contributed by atoms with Gasteiger partial charge >= 0.3 is 0 Å². The van der Waals surface area contributed by atoms with Crippen molar-refractivity contribution in [2.45, 2.75) is 20.4 Å². The molecule has 0 radical (unpaired) electrons. The summed E-state index contributed by atoms with van der Waals surface area (Å²) in [6.07, 6.45) is 0. The third-order valence-corrected chi connectivity index (χ3v) is 5.06. The quantitative estimate of drug-likeness (QED) is 0.415. The molecule has 0 unspecified atom stereocenters. The van der Waals surface area contributed by atoms with Gasteiger partial charge in [-0.3, -0.25) is 0 Å². The van der Waals surface area contributed by atoms with Crippen molar-refractivity contribution in [3.63, 3.8) is 0 Å². The highest BCUT2D eigenvalue weighted by Gasteiger charge is 2.17. The Morgan fingerprint density at radius 3 is 2.12 bits per heavy atom. The second-order valence-electron chi connectivity index (χ2n) is 7.62. The van der Waals surface area contributed by atoms with Gasteiger partial charge in [0.25, 0.3) is 0 Å². The lowest BCUT2D eigenvalue weighted by Gasteiger charge is -2.27. The van der Waals surface area contributed by atoms with Gasteiger partial charge in [0.05, 0.1) is 11.1 Å². The molecule has 0 amide bonds. The fourth-order valence-electron chi connectivity index (χ4n) is 3.47. The van der Waals surface area contributed by atoms with Crippen LogP contribution in [-0.2, 0) is 6.54 Å². The SMILES string of the molecule is CC.CN(C)CCN(Cc1ccccc1)c1nc(-c2ccccc2O)nc2ccccc12. The molecule has 166 valence electrons. The van der Waals surface area contributed by atoms with Gasteiger partial charge in [0.1, 0.15) is 11.6 Å². The maximum atomic E-state index is 10.4. The Morgan fingerprint density at radius 1 is 0.750 bits per heavy atom. The van der Waals surface area contributed by atoms with E-state index in [9.17, 15) is 5.11 Å². The number of phenols is 1. The van der Waals surface area contributed by atoms with Crippen molar-refractivity contribution in [2.75, 3.05) is 32.1 Å². The zero-order valence-electron chi connectivity index (χ0n) is 19.4. The number of aromatic hydroxyl groups is 1. The largest absolute Gasteiger partial charge is 0.507 e. The van der Waals surface area contributed by atoms with Gasteiger partial charge in [-0.15, -0.1) is 0 Å². The highest BCUT2D eigenvalue weighted by molar-refractivity contribution is 5.91. The maximum absolute atomic E-state index is 10.4. The van der Waals surface area contributed by atoms with Crippen LogP contribution in [-0.4, -0.2) is 47.2 Å². The summed E-state index contributed by atoms with van der Waals surface area (Å²) in [4.78, 5) is 14.2. The first-order valence-corrected chi connectivity index (χ1v) is 11.1. The van der Waals surface area contributed by atoms with Crippen molar-refractivity contribution in [3.8, 4) is 17.1 Å². The van der Waals surface area contributed by atoms with Gasteiger partial charge in [0.15, 0.2) is 5.82 Å². The summed E-state index contributed by atoms with van der Waals surface area (Å²) in [6.45, 7) is 6.47. The second-order valence-corrected chi connectivity index (χ2v) is 7.62. The average molecular weight is 429 g/mol. The Labute approximate surface area is 191 Å². The van der Waals surface area contributed by atoms with E-state index in [1.54, 1.807) is 12.1 Å². The van der Waals surface area contributed by atoms with Crippen LogP contribution in [0, 0.1) is 0 Å². The fourth-order valence-corrected chi connectivity index (χ4v) is 3.47. The van der Waals surface area contributed by atoms with E-state index >= 15 is 0 Å². The summed E-state index contributed by atoms with van der Waals surface area (Å²) in [6, 6.07) is 25.7. The molecule has 0 aliphatic heterocycles. The number of hydrogen-bond acceptors (Lipinski definition) is 5. The zero-order chi connectivity index (χ0) is 22.9. The summed E-state index contributed by atoms with van der Waals surface area (Å²) in [7, 11) is 4.15. The van der Waals surface area contributed by atoms with Gasteiger partial charge in [0, 0.05) is 25.0 Å². The minimum absolute atomic E-state index is 0.182. The van der Waals surface area contributed by atoms with E-state index in [4.69, 9.17) is 9.97 Å².